The van der Waals surface area contributed by atoms with Crippen LogP contribution in [0.15, 0.2) is 67.0 Å². The van der Waals surface area contributed by atoms with Gasteiger partial charge in [-0.05, 0) is 68.2 Å². The van der Waals surface area contributed by atoms with E-state index in [1.807, 2.05) is 42.5 Å². The van der Waals surface area contributed by atoms with Crippen LogP contribution in [0, 0.1) is 31.1 Å². The number of halogens is 1. The van der Waals surface area contributed by atoms with E-state index in [9.17, 15) is 5.26 Å². The predicted octanol–water partition coefficient (Wildman–Crippen LogP) is 7.45. The van der Waals surface area contributed by atoms with Gasteiger partial charge in [-0.15, -0.1) is 12.8 Å². The van der Waals surface area contributed by atoms with Gasteiger partial charge < -0.3 is 24.1 Å². The number of hydrogen-bond donors (Lipinski definition) is 1. The molecule has 0 unspecified atom stereocenters. The van der Waals surface area contributed by atoms with Crippen molar-refractivity contribution < 1.29 is 28.8 Å². The maximum Gasteiger partial charge on any atom is 0.290 e. The van der Waals surface area contributed by atoms with Crippen molar-refractivity contribution in [1.29, 1.82) is 5.26 Å². The zero-order valence-corrected chi connectivity index (χ0v) is 27.6. The summed E-state index contributed by atoms with van der Waals surface area (Å²) in [5, 5.41) is 16.8. The molecular weight excluding hydrogens is 630 g/mol. The van der Waals surface area contributed by atoms with E-state index >= 15 is 0 Å². The summed E-state index contributed by atoms with van der Waals surface area (Å²) in [6.07, 6.45) is 15.0. The average Bonchev–Trinajstić information content (AvgIpc) is 3.13. The van der Waals surface area contributed by atoms with Gasteiger partial charge in [0.05, 0.1) is 10.6 Å². The topological polar surface area (TPSA) is 114 Å². The molecule has 48 heavy (non-hydrogen) atoms. The first-order valence-electron chi connectivity index (χ1n) is 15.5. The molecule has 1 saturated heterocycles. The second-order valence-electron chi connectivity index (χ2n) is 11.1. The summed E-state index contributed by atoms with van der Waals surface area (Å²) in [6.45, 7) is 6.49. The van der Waals surface area contributed by atoms with E-state index in [2.05, 4.69) is 41.8 Å². The molecule has 0 spiro atoms. The van der Waals surface area contributed by atoms with E-state index in [-0.39, 0.29) is 6.47 Å². The number of fused-ring (bicyclic) bond motifs is 1. The Bertz CT molecular complexity index is 1750. The number of hydrogen-bond acceptors (Lipinski definition) is 8. The number of ether oxygens (including phenoxy) is 4. The summed E-state index contributed by atoms with van der Waals surface area (Å²) in [6, 6.07) is 20.0. The van der Waals surface area contributed by atoms with Gasteiger partial charge in [-0.1, -0.05) is 42.3 Å². The highest BCUT2D eigenvalue weighted by Crippen LogP contribution is 2.38. The largest absolute Gasteiger partial charge is 0.488 e. The van der Waals surface area contributed by atoms with E-state index < -0.39 is 0 Å². The van der Waals surface area contributed by atoms with Crippen molar-refractivity contribution in [1.82, 2.24) is 9.88 Å². The molecule has 1 aromatic heterocycles. The van der Waals surface area contributed by atoms with Gasteiger partial charge in [0.1, 0.15) is 44.0 Å². The maximum atomic E-state index is 9.27. The minimum atomic E-state index is -0.250. The lowest BCUT2D eigenvalue weighted by molar-refractivity contribution is -0.122. The minimum Gasteiger partial charge on any atom is -0.488 e. The van der Waals surface area contributed by atoms with Crippen molar-refractivity contribution in [2.45, 2.75) is 45.9 Å². The minimum absolute atomic E-state index is 0.250. The molecule has 0 radical (unpaired) electrons. The summed E-state index contributed by atoms with van der Waals surface area (Å²) in [7, 11) is 0. The van der Waals surface area contributed by atoms with E-state index in [0.717, 1.165) is 76.0 Å². The Hall–Kier alpha value is -5.22. The highest BCUT2D eigenvalue weighted by atomic mass is 35.5. The average molecular weight is 668 g/mol. The van der Waals surface area contributed by atoms with Gasteiger partial charge in [-0.2, -0.15) is 5.26 Å². The number of aromatic nitrogens is 1. The van der Waals surface area contributed by atoms with Crippen LogP contribution in [0.25, 0.3) is 11.1 Å². The Labute approximate surface area is 286 Å². The van der Waals surface area contributed by atoms with Gasteiger partial charge in [-0.3, -0.25) is 14.7 Å². The Morgan fingerprint density at radius 2 is 1.69 bits per heavy atom. The van der Waals surface area contributed by atoms with Gasteiger partial charge in [0.2, 0.25) is 0 Å². The molecule has 0 amide bonds. The molecule has 9 nitrogen and oxygen atoms in total. The molecule has 1 fully saturated rings. The third-order valence-electron chi connectivity index (χ3n) is 7.83. The molecule has 6 rings (SSSR count). The monoisotopic (exact) mass is 667 g/mol. The summed E-state index contributed by atoms with van der Waals surface area (Å²) < 4.78 is 24.2. The zero-order chi connectivity index (χ0) is 34.3. The summed E-state index contributed by atoms with van der Waals surface area (Å²) in [4.78, 5) is 15.0. The highest BCUT2D eigenvalue weighted by molar-refractivity contribution is 6.34. The third kappa shape index (κ3) is 9.42. The van der Waals surface area contributed by atoms with Crippen molar-refractivity contribution >= 4 is 18.1 Å². The molecule has 0 saturated carbocycles. The first-order chi connectivity index (χ1) is 23.5. The lowest BCUT2D eigenvalue weighted by Crippen LogP contribution is -2.29. The molecule has 4 aromatic rings. The molecule has 3 aromatic carbocycles. The van der Waals surface area contributed by atoms with Crippen LogP contribution in [0.3, 0.4) is 0 Å². The molecule has 0 atom stereocenters. The fourth-order valence-electron chi connectivity index (χ4n) is 5.57. The number of carbonyl (C=O) groups is 1. The van der Waals surface area contributed by atoms with E-state index in [1.54, 1.807) is 18.5 Å². The summed E-state index contributed by atoms with van der Waals surface area (Å²) >= 11 is 6.93. The Kier molecular flexibility index (Phi) is 13.5. The van der Waals surface area contributed by atoms with Crippen LogP contribution in [0.2, 0.25) is 5.02 Å². The van der Waals surface area contributed by atoms with Crippen LogP contribution in [-0.2, 0) is 24.6 Å². The number of likely N-dealkylation sites (tertiary alicyclic amines) is 1. The first kappa shape index (κ1) is 35.6. The predicted molar refractivity (Wildman–Crippen MR) is 184 cm³/mol. The van der Waals surface area contributed by atoms with Gasteiger partial charge in [0, 0.05) is 47.3 Å². The molecule has 10 heteroatoms. The van der Waals surface area contributed by atoms with Crippen LogP contribution in [0.5, 0.6) is 23.0 Å². The van der Waals surface area contributed by atoms with Crippen LogP contribution in [0.4, 0.5) is 0 Å². The number of pyridine rings is 1. The van der Waals surface area contributed by atoms with Crippen LogP contribution in [-0.4, -0.2) is 47.8 Å². The standard InChI is InChI=1S/C35H34ClN3O4.C2H2.CH2O2/c1-24-14-29(21-39-10-3-2-4-11-39)33(42-22-26-15-25(18-37)19-38-20-26)17-32(24)43-23-28-6-5-7-30(35(28)36)27-8-9-31-34(16-27)41-13-12-40-31;1-2;2-1-3/h5-9,14-17,19-20H,2-4,10-13,21-23H2,1H3;1-2H;1H,(H,2,3). The highest BCUT2D eigenvalue weighted by Gasteiger charge is 2.18. The SMILES string of the molecule is C#C.Cc1cc(CN2CCCCC2)c(OCc2cncc(C#N)c2)cc1OCc1cccc(-c2ccc3c(c2)OCCO3)c1Cl.O=CO. The molecule has 1 N–H and O–H groups in total. The Morgan fingerprint density at radius 1 is 0.958 bits per heavy atom. The lowest BCUT2D eigenvalue weighted by atomic mass is 10.0. The first-order valence-corrected chi connectivity index (χ1v) is 15.9. The van der Waals surface area contributed by atoms with Crippen molar-refractivity contribution in [2.75, 3.05) is 26.3 Å². The fourth-order valence-corrected chi connectivity index (χ4v) is 5.86. The number of piperidine rings is 1. The molecule has 2 aliphatic heterocycles. The molecule has 0 bridgehead atoms. The van der Waals surface area contributed by atoms with Gasteiger partial charge in [-0.25, -0.2) is 0 Å². The fraction of sp³-hybridized carbons (Fsp3) is 0.289. The zero-order valence-electron chi connectivity index (χ0n) is 26.9. The van der Waals surface area contributed by atoms with Crippen molar-refractivity contribution in [3.63, 3.8) is 0 Å². The lowest BCUT2D eigenvalue weighted by Gasteiger charge is -2.27. The van der Waals surface area contributed by atoms with Crippen LogP contribution in [0.1, 0.15) is 47.1 Å². The maximum absolute atomic E-state index is 9.27. The Balaban J connectivity index is 0.000000986. The van der Waals surface area contributed by atoms with E-state index in [4.69, 9.17) is 40.4 Å². The van der Waals surface area contributed by atoms with E-state index in [1.165, 1.54) is 19.3 Å². The van der Waals surface area contributed by atoms with Crippen LogP contribution < -0.4 is 18.9 Å². The number of terminal acetylenes is 1. The number of carboxylic acid groups (broad SMARTS) is 1. The van der Waals surface area contributed by atoms with Crippen LogP contribution >= 0.6 is 11.6 Å². The third-order valence-corrected chi connectivity index (χ3v) is 8.28. The second-order valence-corrected chi connectivity index (χ2v) is 11.5. The van der Waals surface area contributed by atoms with Gasteiger partial charge in [0.25, 0.3) is 6.47 Å². The number of nitrogens with zero attached hydrogens (tertiary/aromatic N) is 3. The number of aryl methyl sites for hydroxylation is 1. The van der Waals surface area contributed by atoms with E-state index in [0.29, 0.717) is 37.0 Å². The second kappa shape index (κ2) is 18.2. The summed E-state index contributed by atoms with van der Waals surface area (Å²) in [5.74, 6) is 2.98. The number of nitriles is 1. The summed E-state index contributed by atoms with van der Waals surface area (Å²) in [5.41, 5.74) is 6.26. The molecule has 3 heterocycles. The van der Waals surface area contributed by atoms with Crippen molar-refractivity contribution in [2.24, 2.45) is 0 Å². The molecule has 2 aliphatic rings. The normalized spacial score (nSPS) is 13.4. The van der Waals surface area contributed by atoms with Crippen molar-refractivity contribution in [3.8, 4) is 53.0 Å². The molecule has 0 aliphatic carbocycles. The number of benzene rings is 3. The number of rotatable bonds is 9. The smallest absolute Gasteiger partial charge is 0.290 e. The van der Waals surface area contributed by atoms with Gasteiger partial charge >= 0.3 is 0 Å². The quantitative estimate of drug-likeness (QED) is 0.144. The Morgan fingerprint density at radius 3 is 2.44 bits per heavy atom. The van der Waals surface area contributed by atoms with Gasteiger partial charge in [0.15, 0.2) is 11.5 Å². The molecule has 248 valence electrons. The van der Waals surface area contributed by atoms with Crippen molar-refractivity contribution in [3.05, 3.63) is 99.8 Å². The molecular formula is C38H38ClN3O6.